The van der Waals surface area contributed by atoms with Gasteiger partial charge in [-0.3, -0.25) is 4.79 Å². The van der Waals surface area contributed by atoms with Gasteiger partial charge in [0.2, 0.25) is 0 Å². The summed E-state index contributed by atoms with van der Waals surface area (Å²) in [5.74, 6) is -0.349. The summed E-state index contributed by atoms with van der Waals surface area (Å²) in [5, 5.41) is 11.3. The minimum atomic E-state index is -0.739. The van der Waals surface area contributed by atoms with Gasteiger partial charge in [-0.25, -0.2) is 4.98 Å². The number of pyridine rings is 1. The Bertz CT molecular complexity index is 824. The van der Waals surface area contributed by atoms with Gasteiger partial charge in [0.05, 0.1) is 21.7 Å². The van der Waals surface area contributed by atoms with E-state index in [0.717, 1.165) is 16.3 Å². The molecule has 4 nitrogen and oxygen atoms in total. The highest BCUT2D eigenvalue weighted by Gasteiger charge is 2.44. The molecular formula is C20H20ClNO3S. The van der Waals surface area contributed by atoms with Crippen molar-refractivity contribution >= 4 is 29.3 Å². The molecule has 136 valence electrons. The fourth-order valence-electron chi connectivity index (χ4n) is 3.12. The van der Waals surface area contributed by atoms with Crippen LogP contribution < -0.4 is 4.74 Å². The zero-order chi connectivity index (χ0) is 18.1. The van der Waals surface area contributed by atoms with Crippen LogP contribution in [0.25, 0.3) is 0 Å². The van der Waals surface area contributed by atoms with Crippen LogP contribution in [0, 0.1) is 5.92 Å². The van der Waals surface area contributed by atoms with Gasteiger partial charge < -0.3 is 9.84 Å². The smallest absolute Gasteiger partial charge is 0.307 e. The van der Waals surface area contributed by atoms with Gasteiger partial charge in [0.25, 0.3) is 0 Å². The van der Waals surface area contributed by atoms with Crippen molar-refractivity contribution in [1.29, 1.82) is 0 Å². The summed E-state index contributed by atoms with van der Waals surface area (Å²) in [6.45, 7) is 0.360. The SMILES string of the molecule is O=C(O)C1CC1c1ccc(OCc2cccc(SC3CCC3)n2)c(Cl)c1. The van der Waals surface area contributed by atoms with Crippen LogP contribution in [0.1, 0.15) is 42.9 Å². The first kappa shape index (κ1) is 17.7. The third-order valence-corrected chi connectivity index (χ3v) is 6.56. The molecule has 4 rings (SSSR count). The monoisotopic (exact) mass is 389 g/mol. The topological polar surface area (TPSA) is 59.4 Å². The number of aromatic nitrogens is 1. The van der Waals surface area contributed by atoms with Gasteiger partial charge in [0.15, 0.2) is 0 Å². The van der Waals surface area contributed by atoms with Gasteiger partial charge in [-0.05, 0) is 55.0 Å². The van der Waals surface area contributed by atoms with E-state index in [4.69, 9.17) is 21.4 Å². The van der Waals surface area contributed by atoms with Crippen molar-refractivity contribution in [3.05, 3.63) is 52.7 Å². The number of benzene rings is 1. The van der Waals surface area contributed by atoms with Gasteiger partial charge in [0, 0.05) is 5.25 Å². The summed E-state index contributed by atoms with van der Waals surface area (Å²) in [7, 11) is 0. The maximum atomic E-state index is 11.0. The molecule has 26 heavy (non-hydrogen) atoms. The highest BCUT2D eigenvalue weighted by molar-refractivity contribution is 7.99. The molecule has 0 aliphatic heterocycles. The number of hydrogen-bond donors (Lipinski definition) is 1. The molecular weight excluding hydrogens is 370 g/mol. The van der Waals surface area contributed by atoms with Crippen molar-refractivity contribution in [2.24, 2.45) is 5.92 Å². The molecule has 2 saturated carbocycles. The number of carboxylic acid groups (broad SMARTS) is 1. The fraction of sp³-hybridized carbons (Fsp3) is 0.400. The molecule has 1 heterocycles. The van der Waals surface area contributed by atoms with E-state index in [9.17, 15) is 4.79 Å². The van der Waals surface area contributed by atoms with Gasteiger partial charge in [0.1, 0.15) is 12.4 Å². The third-order valence-electron chi connectivity index (χ3n) is 4.99. The molecule has 1 aromatic heterocycles. The van der Waals surface area contributed by atoms with Crippen LogP contribution >= 0.6 is 23.4 Å². The summed E-state index contributed by atoms with van der Waals surface area (Å²) in [5.41, 5.74) is 1.84. The molecule has 1 aromatic carbocycles. The molecule has 2 aliphatic carbocycles. The highest BCUT2D eigenvalue weighted by Crippen LogP contribution is 2.48. The van der Waals surface area contributed by atoms with Gasteiger partial charge in [-0.1, -0.05) is 30.2 Å². The van der Waals surface area contributed by atoms with Crippen molar-refractivity contribution in [3.8, 4) is 5.75 Å². The standard InChI is InChI=1S/C20H20ClNO3S/c21-17-9-12(15-10-16(15)20(23)24)7-8-18(17)25-11-13-3-1-6-19(22-13)26-14-4-2-5-14/h1,3,6-9,14-16H,2,4-5,10-11H2,(H,23,24). The van der Waals surface area contributed by atoms with Crippen LogP contribution in [0.3, 0.4) is 0 Å². The number of thioether (sulfide) groups is 1. The average molecular weight is 390 g/mol. The Morgan fingerprint density at radius 3 is 2.81 bits per heavy atom. The Morgan fingerprint density at radius 1 is 1.31 bits per heavy atom. The summed E-state index contributed by atoms with van der Waals surface area (Å²) < 4.78 is 5.83. The van der Waals surface area contributed by atoms with Gasteiger partial charge in [-0.15, -0.1) is 11.8 Å². The average Bonchev–Trinajstić information content (AvgIpc) is 3.38. The van der Waals surface area contributed by atoms with Crippen LogP contribution in [0.2, 0.25) is 5.02 Å². The molecule has 0 radical (unpaired) electrons. The molecule has 0 amide bonds. The second-order valence-corrected chi connectivity index (χ2v) is 8.63. The molecule has 0 bridgehead atoms. The number of halogens is 1. The number of nitrogens with zero attached hydrogens (tertiary/aromatic N) is 1. The largest absolute Gasteiger partial charge is 0.486 e. The van der Waals surface area contributed by atoms with Crippen molar-refractivity contribution in [1.82, 2.24) is 4.98 Å². The van der Waals surface area contributed by atoms with E-state index in [1.807, 2.05) is 48.2 Å². The minimum absolute atomic E-state index is 0.0703. The van der Waals surface area contributed by atoms with Gasteiger partial charge >= 0.3 is 5.97 Å². The third kappa shape index (κ3) is 3.99. The van der Waals surface area contributed by atoms with Crippen molar-refractivity contribution in [2.45, 2.75) is 48.5 Å². The second-order valence-electron chi connectivity index (χ2n) is 6.90. The lowest BCUT2D eigenvalue weighted by atomic mass is 10.0. The van der Waals surface area contributed by atoms with E-state index in [2.05, 4.69) is 4.98 Å². The van der Waals surface area contributed by atoms with Crippen LogP contribution in [-0.4, -0.2) is 21.3 Å². The van der Waals surface area contributed by atoms with E-state index < -0.39 is 5.97 Å². The summed E-state index contributed by atoms with van der Waals surface area (Å²) in [4.78, 5) is 15.7. The van der Waals surface area contributed by atoms with Crippen LogP contribution in [0.5, 0.6) is 5.75 Å². The lowest BCUT2D eigenvalue weighted by Gasteiger charge is -2.24. The first-order valence-electron chi connectivity index (χ1n) is 8.88. The van der Waals surface area contributed by atoms with Crippen molar-refractivity contribution < 1.29 is 14.6 Å². The van der Waals surface area contributed by atoms with E-state index in [1.165, 1.54) is 19.3 Å². The zero-order valence-corrected chi connectivity index (χ0v) is 15.8. The maximum Gasteiger partial charge on any atom is 0.307 e. The predicted molar refractivity (Wildman–Crippen MR) is 102 cm³/mol. The zero-order valence-electron chi connectivity index (χ0n) is 14.2. The van der Waals surface area contributed by atoms with Crippen molar-refractivity contribution in [2.75, 3.05) is 0 Å². The lowest BCUT2D eigenvalue weighted by Crippen LogP contribution is -2.13. The number of aliphatic carboxylic acids is 1. The molecule has 2 aromatic rings. The van der Waals surface area contributed by atoms with Crippen LogP contribution in [0.4, 0.5) is 0 Å². The highest BCUT2D eigenvalue weighted by atomic mass is 35.5. The van der Waals surface area contributed by atoms with E-state index >= 15 is 0 Å². The number of carbonyl (C=O) groups is 1. The predicted octanol–water partition coefficient (Wildman–Crippen LogP) is 5.15. The fourth-order valence-corrected chi connectivity index (χ4v) is 4.60. The molecule has 0 spiro atoms. The Kier molecular flexibility index (Phi) is 5.09. The number of ether oxygens (including phenoxy) is 1. The molecule has 2 aliphatic rings. The Hall–Kier alpha value is -1.72. The van der Waals surface area contributed by atoms with Crippen LogP contribution in [0.15, 0.2) is 41.4 Å². The lowest BCUT2D eigenvalue weighted by molar-refractivity contribution is -0.138. The molecule has 2 unspecified atom stereocenters. The molecule has 0 saturated heterocycles. The Labute approximate surface area is 161 Å². The van der Waals surface area contributed by atoms with Gasteiger partial charge in [-0.2, -0.15) is 0 Å². The Balaban J connectivity index is 1.37. The number of carboxylic acids is 1. The summed E-state index contributed by atoms with van der Waals surface area (Å²) in [6, 6.07) is 11.6. The van der Waals surface area contributed by atoms with E-state index in [1.54, 1.807) is 0 Å². The number of hydrogen-bond acceptors (Lipinski definition) is 4. The minimum Gasteiger partial charge on any atom is -0.486 e. The number of rotatable bonds is 7. The molecule has 2 fully saturated rings. The summed E-state index contributed by atoms with van der Waals surface area (Å²) in [6.07, 6.45) is 4.56. The van der Waals surface area contributed by atoms with Crippen LogP contribution in [-0.2, 0) is 11.4 Å². The Morgan fingerprint density at radius 2 is 2.15 bits per heavy atom. The second kappa shape index (κ2) is 7.49. The molecule has 1 N–H and O–H groups in total. The first-order chi connectivity index (χ1) is 12.6. The molecule has 2 atom stereocenters. The first-order valence-corrected chi connectivity index (χ1v) is 10.1. The summed E-state index contributed by atoms with van der Waals surface area (Å²) >= 11 is 8.17. The van der Waals surface area contributed by atoms with Crippen molar-refractivity contribution in [3.63, 3.8) is 0 Å². The maximum absolute atomic E-state index is 11.0. The quantitative estimate of drug-likeness (QED) is 0.709. The van der Waals surface area contributed by atoms with E-state index in [0.29, 0.717) is 29.0 Å². The molecule has 6 heteroatoms. The van der Waals surface area contributed by atoms with E-state index in [-0.39, 0.29) is 11.8 Å². The normalized spacial score (nSPS) is 21.9.